The Bertz CT molecular complexity index is 4160. The highest BCUT2D eigenvalue weighted by atomic mass is 28.3. The summed E-state index contributed by atoms with van der Waals surface area (Å²) in [5.74, 6) is -0.415. The van der Waals surface area contributed by atoms with Crippen LogP contribution in [-0.2, 0) is 35.8 Å². The van der Waals surface area contributed by atoms with E-state index in [-0.39, 0.29) is 11.8 Å². The molecule has 18 heteroatoms. The fourth-order valence-electron chi connectivity index (χ4n) is 12.4. The van der Waals surface area contributed by atoms with Crippen LogP contribution in [0.25, 0.3) is 44.1 Å². The maximum atomic E-state index is 12.7. The Morgan fingerprint density at radius 2 is 1.17 bits per heavy atom. The Morgan fingerprint density at radius 3 is 1.71 bits per heavy atom. The summed E-state index contributed by atoms with van der Waals surface area (Å²) in [5, 5.41) is 64.7. The van der Waals surface area contributed by atoms with Crippen molar-refractivity contribution >= 4 is 88.8 Å². The first kappa shape index (κ1) is 63.4. The Morgan fingerprint density at radius 1 is 0.640 bits per heavy atom. The van der Waals surface area contributed by atoms with Gasteiger partial charge in [-0.2, -0.15) is 0 Å². The first-order chi connectivity index (χ1) is 42.7. The topological polar surface area (TPSA) is 183 Å². The number of amides is 2. The van der Waals surface area contributed by atoms with Crippen molar-refractivity contribution in [2.45, 2.75) is 66.0 Å². The number of carbonyl (C=O) groups excluding carboxylic acids is 2. The van der Waals surface area contributed by atoms with Crippen LogP contribution in [0.1, 0.15) is 60.1 Å². The number of nitrogens with zero attached hydrogens (tertiary/aromatic N) is 7. The number of aromatic nitrogens is 3. The zero-order valence-electron chi connectivity index (χ0n) is 52.4. The third-order valence-corrected chi connectivity index (χ3v) is 20.8. The number of allylic oxidation sites excluding steroid dienone is 5. The molecule has 2 amide bonds. The van der Waals surface area contributed by atoms with Crippen LogP contribution >= 0.6 is 0 Å². The minimum atomic E-state index is -2.14. The van der Waals surface area contributed by atoms with Gasteiger partial charge in [0, 0.05) is 101 Å². The highest BCUT2D eigenvalue weighted by Gasteiger charge is 2.40. The third-order valence-electron chi connectivity index (χ3n) is 17.2. The van der Waals surface area contributed by atoms with Gasteiger partial charge in [0.05, 0.1) is 11.9 Å². The van der Waals surface area contributed by atoms with Gasteiger partial charge in [0.25, 0.3) is 0 Å². The number of anilines is 1. The second-order valence-electron chi connectivity index (χ2n) is 24.5. The molecule has 1 aromatic heterocycles. The van der Waals surface area contributed by atoms with Gasteiger partial charge in [-0.3, -0.25) is 19.4 Å². The van der Waals surface area contributed by atoms with Crippen LogP contribution in [0.3, 0.4) is 0 Å². The van der Waals surface area contributed by atoms with Crippen molar-refractivity contribution in [3.8, 4) is 16.9 Å². The standard InChI is InChI=1S/C71H79B2N9O6Si/c1-47(2)70(83)74-35-17-37-80(42-51-19-11-15-23-64(51)72(85)86)44-62-56-21-13-14-22-57(56)63(45-81(38-18-36-75-71(84)48(3)4)43-52-20-12-16-24-65(52)73(87)88)61-39-55(31-32-58(61)62)82-46-66(76-77-82)49-25-27-50(28-26-49)69-59-33-29-53(78(5)6)40-67(59)89(9,10)68-41-54(79(7)8)30-34-60(68)69/h11-16,19-34,39-41,46,85-88H,1,3,17-18,35-38,42-45H2,2,4-10H3,(H-,74,75,83,84)/p+1. The van der Waals surface area contributed by atoms with Crippen LogP contribution in [0.4, 0.5) is 5.69 Å². The Labute approximate surface area is 524 Å². The Balaban J connectivity index is 1.07. The number of rotatable bonds is 24. The molecule has 454 valence electrons. The van der Waals surface area contributed by atoms with E-state index in [1.54, 1.807) is 38.1 Å². The average molecular weight is 1210 g/mol. The molecule has 2 heterocycles. The smallest absolute Gasteiger partial charge is 0.423 e. The van der Waals surface area contributed by atoms with Gasteiger partial charge in [0.15, 0.2) is 5.71 Å². The maximum absolute atomic E-state index is 12.7. The lowest BCUT2D eigenvalue weighted by Crippen LogP contribution is -2.49. The molecule has 2 aliphatic rings. The summed E-state index contributed by atoms with van der Waals surface area (Å²) >= 11 is 0. The molecule has 10 rings (SSSR count). The zero-order chi connectivity index (χ0) is 63.3. The first-order valence-electron chi connectivity index (χ1n) is 30.4. The van der Waals surface area contributed by atoms with Gasteiger partial charge in [0.2, 0.25) is 11.8 Å². The summed E-state index contributed by atoms with van der Waals surface area (Å²) in [6.07, 6.45) is 10.1. The third kappa shape index (κ3) is 14.0. The quantitative estimate of drug-likeness (QED) is 0.0117. The summed E-state index contributed by atoms with van der Waals surface area (Å²) in [4.78, 5) is 32.1. The highest BCUT2D eigenvalue weighted by molar-refractivity contribution is 6.98. The lowest BCUT2D eigenvalue weighted by molar-refractivity contribution is -0.462. The molecule has 89 heavy (non-hydrogen) atoms. The van der Waals surface area contributed by atoms with Gasteiger partial charge in [-0.05, 0) is 144 Å². The maximum Gasteiger partial charge on any atom is 0.488 e. The lowest BCUT2D eigenvalue weighted by atomic mass is 9.77. The van der Waals surface area contributed by atoms with E-state index in [1.165, 1.54) is 38.5 Å². The molecule has 0 fully saturated rings. The monoisotopic (exact) mass is 1200 g/mol. The molecule has 1 aliphatic carbocycles. The van der Waals surface area contributed by atoms with Crippen molar-refractivity contribution in [2.24, 2.45) is 0 Å². The molecule has 0 bridgehead atoms. The highest BCUT2D eigenvalue weighted by Crippen LogP contribution is 2.43. The van der Waals surface area contributed by atoms with E-state index in [1.807, 2.05) is 47.3 Å². The van der Waals surface area contributed by atoms with E-state index < -0.39 is 22.3 Å². The second-order valence-corrected chi connectivity index (χ2v) is 28.8. The van der Waals surface area contributed by atoms with Crippen molar-refractivity contribution in [3.05, 3.63) is 226 Å². The van der Waals surface area contributed by atoms with Crippen LogP contribution in [0.15, 0.2) is 193 Å². The molecule has 0 radical (unpaired) electrons. The predicted molar refractivity (Wildman–Crippen MR) is 366 cm³/mol. The summed E-state index contributed by atoms with van der Waals surface area (Å²) in [5.41, 5.74) is 15.0. The first-order valence-corrected chi connectivity index (χ1v) is 33.4. The van der Waals surface area contributed by atoms with Crippen LogP contribution in [-0.4, -0.2) is 144 Å². The minimum absolute atomic E-state index is 0.206. The molecule has 6 N–H and O–H groups in total. The van der Waals surface area contributed by atoms with E-state index in [0.717, 1.165) is 60.6 Å². The number of nitrogens with one attached hydrogen (secondary N) is 2. The SMILES string of the molecule is C=C(C)C(=O)NCCCN(Cc1ccccc1B(O)O)Cc1c2ccccc2c(CN(CCCNC(=O)C(=C)C)Cc2ccccc2B(O)O)c2cc(-n3cc(-c4ccc(C5=C6C=CC(=[N+](C)C)C=C6[Si](C)(C)c6cc(N(C)C)ccc65)cc4)nn3)ccc12. The molecule has 0 atom stereocenters. The van der Waals surface area contributed by atoms with Crippen LogP contribution in [0.5, 0.6) is 0 Å². The fourth-order valence-corrected chi connectivity index (χ4v) is 15.4. The van der Waals surface area contributed by atoms with E-state index in [0.29, 0.717) is 93.0 Å². The van der Waals surface area contributed by atoms with Gasteiger partial charge in [-0.25, -0.2) is 9.26 Å². The van der Waals surface area contributed by atoms with Crippen LogP contribution < -0.4 is 31.6 Å². The molecule has 0 spiro atoms. The van der Waals surface area contributed by atoms with Crippen molar-refractivity contribution < 1.29 is 34.3 Å². The zero-order valence-corrected chi connectivity index (χ0v) is 53.4. The molecule has 0 unspecified atom stereocenters. The van der Waals surface area contributed by atoms with E-state index in [2.05, 4.69) is 175 Å². The number of hydrogen-bond donors (Lipinski definition) is 6. The van der Waals surface area contributed by atoms with Crippen LogP contribution in [0.2, 0.25) is 13.1 Å². The largest absolute Gasteiger partial charge is 0.488 e. The molecule has 0 saturated carbocycles. The van der Waals surface area contributed by atoms with Crippen LogP contribution in [0, 0.1) is 0 Å². The fraction of sp³-hybridized carbons (Fsp3) is 0.254. The van der Waals surface area contributed by atoms with Crippen molar-refractivity contribution in [3.63, 3.8) is 0 Å². The number of fused-ring (bicyclic) bond motifs is 4. The van der Waals surface area contributed by atoms with Crippen molar-refractivity contribution in [1.82, 2.24) is 35.4 Å². The molecule has 0 saturated heterocycles. The number of hydrogen-bond acceptors (Lipinski definition) is 11. The second kappa shape index (κ2) is 27.4. The van der Waals surface area contributed by atoms with Gasteiger partial charge in [-0.15, -0.1) is 5.10 Å². The van der Waals surface area contributed by atoms with Crippen molar-refractivity contribution in [2.75, 3.05) is 59.3 Å². The van der Waals surface area contributed by atoms with Gasteiger partial charge in [-0.1, -0.05) is 141 Å². The van der Waals surface area contributed by atoms with Gasteiger partial charge >= 0.3 is 14.2 Å². The minimum Gasteiger partial charge on any atom is -0.423 e. The number of carbonyl (C=O) groups is 2. The predicted octanol–water partition coefficient (Wildman–Crippen LogP) is 7.31. The molecule has 8 aromatic rings. The average Bonchev–Trinajstić information content (AvgIpc) is 0.986. The van der Waals surface area contributed by atoms with Gasteiger partial charge in [0.1, 0.15) is 27.9 Å². The van der Waals surface area contributed by atoms with E-state index in [9.17, 15) is 29.7 Å². The summed E-state index contributed by atoms with van der Waals surface area (Å²) in [6, 6.07) is 45.1. The van der Waals surface area contributed by atoms with E-state index in [4.69, 9.17) is 10.3 Å². The molecule has 1 aliphatic heterocycles. The summed E-state index contributed by atoms with van der Waals surface area (Å²) < 4.78 is 4.01. The normalized spacial score (nSPS) is 13.4. The summed E-state index contributed by atoms with van der Waals surface area (Å²) in [6.45, 7) is 19.5. The Kier molecular flexibility index (Phi) is 19.6. The molecule has 7 aromatic carbocycles. The molecule has 15 nitrogen and oxygen atoms in total. The lowest BCUT2D eigenvalue weighted by Gasteiger charge is -2.38. The Hall–Kier alpha value is -8.58. The number of benzene rings is 7. The molecular weight excluding hydrogens is 1120 g/mol. The van der Waals surface area contributed by atoms with Crippen molar-refractivity contribution in [1.29, 1.82) is 0 Å². The molecular formula is C71H80B2N9O6Si+. The van der Waals surface area contributed by atoms with E-state index >= 15 is 0 Å². The van der Waals surface area contributed by atoms with Gasteiger partial charge < -0.3 is 35.6 Å². The summed E-state index contributed by atoms with van der Waals surface area (Å²) in [7, 11) is 2.92.